The van der Waals surface area contributed by atoms with Crippen molar-refractivity contribution >= 4 is 55.6 Å². The van der Waals surface area contributed by atoms with Gasteiger partial charge in [-0.15, -0.1) is 0 Å². The molecule has 4 heterocycles. The second-order valence-electron chi connectivity index (χ2n) is 16.6. The van der Waals surface area contributed by atoms with Crippen LogP contribution >= 0.6 is 0 Å². The molecule has 15 nitrogen and oxygen atoms in total. The summed E-state index contributed by atoms with van der Waals surface area (Å²) in [6.45, 7) is 4.09. The molecule has 2 aliphatic heterocycles. The third kappa shape index (κ3) is 7.07. The van der Waals surface area contributed by atoms with Gasteiger partial charge in [-0.05, 0) is 91.8 Å². The van der Waals surface area contributed by atoms with Crippen LogP contribution < -0.4 is 19.7 Å². The zero-order valence-electron chi connectivity index (χ0n) is 33.4. The number of carbonyl (C=O) groups is 2. The van der Waals surface area contributed by atoms with Crippen molar-refractivity contribution in [2.24, 2.45) is 12.5 Å². The van der Waals surface area contributed by atoms with Gasteiger partial charge in [0.15, 0.2) is 17.4 Å². The maximum absolute atomic E-state index is 15.7. The summed E-state index contributed by atoms with van der Waals surface area (Å²) in [5.74, 6) is -0.945. The molecule has 0 atom stereocenters. The lowest BCUT2D eigenvalue weighted by Crippen LogP contribution is -2.64. The first-order valence-corrected chi connectivity index (χ1v) is 21.6. The number of urea groups is 1. The number of likely N-dealkylation sites (tertiary alicyclic amines) is 1. The molecular formula is C42H44F2N10O5S. The van der Waals surface area contributed by atoms with Gasteiger partial charge in [0.05, 0.1) is 27.9 Å². The highest BCUT2D eigenvalue weighted by molar-refractivity contribution is 7.90. The van der Waals surface area contributed by atoms with Crippen LogP contribution in [-0.4, -0.2) is 88.6 Å². The van der Waals surface area contributed by atoms with Crippen molar-refractivity contribution in [1.82, 2.24) is 34.3 Å². The summed E-state index contributed by atoms with van der Waals surface area (Å²) in [5, 5.41) is 17.3. The van der Waals surface area contributed by atoms with E-state index in [0.29, 0.717) is 33.8 Å². The molecule has 2 saturated heterocycles. The number of fused-ring (bicyclic) bond motifs is 2. The third-order valence-corrected chi connectivity index (χ3v) is 14.4. The van der Waals surface area contributed by atoms with E-state index in [2.05, 4.69) is 25.0 Å². The molecule has 2 N–H and O–H groups in total. The molecule has 312 valence electrons. The summed E-state index contributed by atoms with van der Waals surface area (Å²) in [4.78, 5) is 37.7. The van der Waals surface area contributed by atoms with E-state index in [4.69, 9.17) is 9.72 Å². The number of carbonyl (C=O) groups excluding carboxylic acids is 2. The largest absolute Gasteiger partial charge is 0.453 e. The molecule has 60 heavy (non-hydrogen) atoms. The fraction of sp³-hybridized carbons (Fsp3) is 0.429. The van der Waals surface area contributed by atoms with E-state index in [-0.39, 0.29) is 65.5 Å². The molecule has 0 radical (unpaired) electrons. The Balaban J connectivity index is 0.812. The lowest BCUT2D eigenvalue weighted by atomic mass is 9.56. The first kappa shape index (κ1) is 39.7. The summed E-state index contributed by atoms with van der Waals surface area (Å²) < 4.78 is 67.0. The Hall–Kier alpha value is -5.77. The normalized spacial score (nSPS) is 20.9. The average molecular weight is 839 g/mol. The second kappa shape index (κ2) is 15.0. The summed E-state index contributed by atoms with van der Waals surface area (Å²) in [7, 11) is -0.803. The first-order chi connectivity index (χ1) is 28.7. The molecule has 0 unspecified atom stereocenters. The topological polar surface area (TPSA) is 179 Å². The van der Waals surface area contributed by atoms with Gasteiger partial charge >= 0.3 is 16.2 Å². The van der Waals surface area contributed by atoms with Gasteiger partial charge in [0.25, 0.3) is 0 Å². The Morgan fingerprint density at radius 1 is 1.03 bits per heavy atom. The number of anilines is 2. The SMILES string of the molecule is CCN(C)S(=O)(=O)Nc1ccc(F)c(Oc2ccc3ncc(C4CC5(C4)CN(C4CCC(c6cc7c(cc6F)c(N6CCC(=O)NC6=O)nn7C)CC4)C5)nc3c2)c1C#N. The van der Waals surface area contributed by atoms with Crippen LogP contribution in [0.1, 0.15) is 80.5 Å². The maximum atomic E-state index is 15.7. The molecule has 1 spiro atoms. The molecule has 2 saturated carbocycles. The number of amides is 3. The fourth-order valence-corrected chi connectivity index (χ4v) is 10.4. The lowest BCUT2D eigenvalue weighted by Gasteiger charge is -2.61. The molecule has 4 aliphatic rings. The van der Waals surface area contributed by atoms with Crippen LogP contribution in [0.5, 0.6) is 11.5 Å². The monoisotopic (exact) mass is 838 g/mol. The number of aromatic nitrogens is 4. The van der Waals surface area contributed by atoms with Crippen LogP contribution in [-0.2, 0) is 22.1 Å². The van der Waals surface area contributed by atoms with E-state index in [9.17, 15) is 23.3 Å². The molecule has 2 aliphatic carbocycles. The molecule has 5 aromatic rings. The number of aryl methyl sites for hydroxylation is 1. The highest BCUT2D eigenvalue weighted by Gasteiger charge is 2.54. The Kier molecular flexibility index (Phi) is 9.95. The van der Waals surface area contributed by atoms with Crippen LogP contribution in [0.3, 0.4) is 0 Å². The molecule has 3 amide bonds. The van der Waals surface area contributed by atoms with Crippen molar-refractivity contribution in [2.75, 3.05) is 42.8 Å². The van der Waals surface area contributed by atoms with Gasteiger partial charge in [0, 0.05) is 76.3 Å². The van der Waals surface area contributed by atoms with Crippen LogP contribution in [0.4, 0.5) is 25.1 Å². The summed E-state index contributed by atoms with van der Waals surface area (Å²) in [6, 6.07) is 12.3. The number of halogens is 2. The van der Waals surface area contributed by atoms with E-state index in [1.54, 1.807) is 36.9 Å². The molecule has 0 bridgehead atoms. The molecule has 3 aromatic carbocycles. The number of nitriles is 1. The summed E-state index contributed by atoms with van der Waals surface area (Å²) in [6.07, 6.45) is 7.69. The van der Waals surface area contributed by atoms with Gasteiger partial charge in [0.2, 0.25) is 5.91 Å². The van der Waals surface area contributed by atoms with E-state index in [1.165, 1.54) is 24.1 Å². The van der Waals surface area contributed by atoms with E-state index in [0.717, 1.165) is 73.2 Å². The second-order valence-corrected chi connectivity index (χ2v) is 18.4. The number of ether oxygens (including phenoxy) is 1. The van der Waals surface area contributed by atoms with Crippen molar-refractivity contribution in [1.29, 1.82) is 5.26 Å². The van der Waals surface area contributed by atoms with Gasteiger partial charge in [0.1, 0.15) is 23.2 Å². The van der Waals surface area contributed by atoms with Crippen LogP contribution in [0.15, 0.2) is 48.7 Å². The Labute approximate surface area is 345 Å². The van der Waals surface area contributed by atoms with Crippen molar-refractivity contribution < 1.29 is 31.5 Å². The van der Waals surface area contributed by atoms with Crippen molar-refractivity contribution in [3.63, 3.8) is 0 Å². The van der Waals surface area contributed by atoms with Crippen LogP contribution in [0, 0.1) is 28.4 Å². The van der Waals surface area contributed by atoms with Crippen molar-refractivity contribution in [2.45, 2.75) is 69.7 Å². The van der Waals surface area contributed by atoms with Gasteiger partial charge in [-0.25, -0.2) is 18.6 Å². The minimum Gasteiger partial charge on any atom is -0.453 e. The standard InChI is InChI=1S/C42H44F2N10O5S/c1-4-51(2)60(57,58)50-33-12-10-31(43)39(30(33)20-45)59-27-9-11-34-35(15-27)47-36(21-46-34)25-18-42(19-25)22-53(23-42)26-7-5-24(6-8-26)28-17-37-29(16-32(28)44)40(49-52(37)3)54-14-13-38(55)48-41(54)56/h9-12,15-17,21,24-26,50H,4-8,13-14,18-19,22-23H2,1-3H3,(H,48,55,56). The molecular weight excluding hydrogens is 795 g/mol. The van der Waals surface area contributed by atoms with Gasteiger partial charge in [-0.1, -0.05) is 6.92 Å². The van der Waals surface area contributed by atoms with Crippen molar-refractivity contribution in [3.05, 3.63) is 77.1 Å². The average Bonchev–Trinajstić information content (AvgIpc) is 3.51. The lowest BCUT2D eigenvalue weighted by molar-refractivity contribution is -0.120. The molecule has 2 aromatic heterocycles. The Morgan fingerprint density at radius 3 is 2.52 bits per heavy atom. The smallest absolute Gasteiger partial charge is 0.329 e. The van der Waals surface area contributed by atoms with E-state index < -0.39 is 27.8 Å². The van der Waals surface area contributed by atoms with Crippen LogP contribution in [0.25, 0.3) is 21.9 Å². The number of nitrogens with zero attached hydrogens (tertiary/aromatic N) is 8. The van der Waals surface area contributed by atoms with Crippen molar-refractivity contribution in [3.8, 4) is 17.6 Å². The zero-order chi connectivity index (χ0) is 42.1. The highest BCUT2D eigenvalue weighted by atomic mass is 32.2. The quantitative estimate of drug-likeness (QED) is 0.160. The summed E-state index contributed by atoms with van der Waals surface area (Å²) >= 11 is 0. The minimum atomic E-state index is -3.97. The number of benzene rings is 3. The van der Waals surface area contributed by atoms with E-state index >= 15 is 8.78 Å². The van der Waals surface area contributed by atoms with Crippen LogP contribution in [0.2, 0.25) is 0 Å². The molecule has 4 fully saturated rings. The minimum absolute atomic E-state index is 0.0897. The third-order valence-electron chi connectivity index (χ3n) is 12.8. The number of hydrogen-bond acceptors (Lipinski definition) is 10. The maximum Gasteiger partial charge on any atom is 0.329 e. The fourth-order valence-electron chi connectivity index (χ4n) is 9.46. The Bertz CT molecular complexity index is 2720. The predicted octanol–water partition coefficient (Wildman–Crippen LogP) is 6.42. The number of hydrogen-bond donors (Lipinski definition) is 2. The zero-order valence-corrected chi connectivity index (χ0v) is 34.2. The number of rotatable bonds is 10. The van der Waals surface area contributed by atoms with Gasteiger partial charge in [-0.2, -0.15) is 23.1 Å². The number of imide groups is 1. The first-order valence-electron chi connectivity index (χ1n) is 20.2. The highest BCUT2D eigenvalue weighted by Crippen LogP contribution is 2.57. The Morgan fingerprint density at radius 2 is 1.80 bits per heavy atom. The molecule has 18 heteroatoms. The molecule has 9 rings (SSSR count). The van der Waals surface area contributed by atoms with Gasteiger partial charge in [-0.3, -0.25) is 34.3 Å². The number of nitrogens with one attached hydrogen (secondary N) is 2. The summed E-state index contributed by atoms with van der Waals surface area (Å²) in [5.41, 5.74) is 3.34. The predicted molar refractivity (Wildman–Crippen MR) is 219 cm³/mol. The van der Waals surface area contributed by atoms with E-state index in [1.807, 2.05) is 18.3 Å². The van der Waals surface area contributed by atoms with Gasteiger partial charge < -0.3 is 4.74 Å².